The predicted octanol–water partition coefficient (Wildman–Crippen LogP) is 5.70. The summed E-state index contributed by atoms with van der Waals surface area (Å²) in [6.07, 6.45) is 2.85. The molecule has 0 saturated heterocycles. The minimum atomic E-state index is -0.244. The quantitative estimate of drug-likeness (QED) is 0.478. The van der Waals surface area contributed by atoms with Crippen LogP contribution in [0.2, 0.25) is 5.02 Å². The van der Waals surface area contributed by atoms with Gasteiger partial charge in [-0.25, -0.2) is 0 Å². The Morgan fingerprint density at radius 3 is 2.50 bits per heavy atom. The molecule has 6 heteroatoms. The standard InChI is InChI=1S/C26H23ClN2O2S/c1-2-18-11-13-19(14-12-18)15-24-26(31)29(22-9-5-6-10-23(22)32-24)17-25(30)28-16-20-7-3-4-8-21(20)27/h3-15H,2,16-17H2,1H3,(H,28,30). The van der Waals surface area contributed by atoms with Crippen LogP contribution in [0, 0.1) is 0 Å². The van der Waals surface area contributed by atoms with Crippen molar-refractivity contribution < 1.29 is 9.59 Å². The second-order valence-corrected chi connectivity index (χ2v) is 8.92. The van der Waals surface area contributed by atoms with E-state index in [-0.39, 0.29) is 18.4 Å². The zero-order valence-corrected chi connectivity index (χ0v) is 19.2. The number of halogens is 1. The molecule has 3 aromatic carbocycles. The number of hydrogen-bond donors (Lipinski definition) is 1. The number of amides is 2. The van der Waals surface area contributed by atoms with Crippen molar-refractivity contribution >= 4 is 46.9 Å². The van der Waals surface area contributed by atoms with Gasteiger partial charge in [0.15, 0.2) is 0 Å². The van der Waals surface area contributed by atoms with Crippen LogP contribution < -0.4 is 10.2 Å². The highest BCUT2D eigenvalue weighted by Gasteiger charge is 2.30. The molecule has 3 aromatic rings. The van der Waals surface area contributed by atoms with Crippen molar-refractivity contribution in [1.29, 1.82) is 0 Å². The lowest BCUT2D eigenvalue weighted by Crippen LogP contribution is -2.42. The SMILES string of the molecule is CCc1ccc(C=C2Sc3ccccc3N(CC(=O)NCc3ccccc3Cl)C2=O)cc1. The van der Waals surface area contributed by atoms with Gasteiger partial charge in [0, 0.05) is 16.5 Å². The molecule has 1 aliphatic heterocycles. The molecule has 4 nitrogen and oxygen atoms in total. The van der Waals surface area contributed by atoms with Crippen LogP contribution in [0.5, 0.6) is 0 Å². The van der Waals surface area contributed by atoms with Crippen molar-refractivity contribution in [2.45, 2.75) is 24.8 Å². The molecule has 0 unspecified atom stereocenters. The van der Waals surface area contributed by atoms with E-state index in [1.165, 1.54) is 17.3 Å². The van der Waals surface area contributed by atoms with Crippen molar-refractivity contribution in [1.82, 2.24) is 5.32 Å². The Bertz CT molecular complexity index is 1170. The van der Waals surface area contributed by atoms with Crippen molar-refractivity contribution in [2.75, 3.05) is 11.4 Å². The van der Waals surface area contributed by atoms with Gasteiger partial charge in [0.25, 0.3) is 5.91 Å². The van der Waals surface area contributed by atoms with Gasteiger partial charge in [-0.15, -0.1) is 0 Å². The maximum absolute atomic E-state index is 13.3. The summed E-state index contributed by atoms with van der Waals surface area (Å²) in [5.41, 5.74) is 3.78. The second kappa shape index (κ2) is 10.1. The van der Waals surface area contributed by atoms with Crippen LogP contribution in [0.3, 0.4) is 0 Å². The first-order valence-electron chi connectivity index (χ1n) is 10.4. The highest BCUT2D eigenvalue weighted by atomic mass is 35.5. The van der Waals surface area contributed by atoms with E-state index in [9.17, 15) is 9.59 Å². The van der Waals surface area contributed by atoms with E-state index in [0.717, 1.165) is 28.1 Å². The molecule has 2 amide bonds. The molecule has 4 rings (SSSR count). The van der Waals surface area contributed by atoms with Crippen molar-refractivity contribution in [3.05, 3.63) is 99.4 Å². The summed E-state index contributed by atoms with van der Waals surface area (Å²) in [6, 6.07) is 23.2. The lowest BCUT2D eigenvalue weighted by molar-refractivity contribution is -0.122. The van der Waals surface area contributed by atoms with Crippen LogP contribution in [-0.2, 0) is 22.6 Å². The molecule has 0 aliphatic carbocycles. The average Bonchev–Trinajstić information content (AvgIpc) is 2.81. The van der Waals surface area contributed by atoms with Gasteiger partial charge >= 0.3 is 0 Å². The number of thioether (sulfide) groups is 1. The third-order valence-electron chi connectivity index (χ3n) is 5.25. The van der Waals surface area contributed by atoms with Gasteiger partial charge in [-0.2, -0.15) is 0 Å². The maximum Gasteiger partial charge on any atom is 0.265 e. The number of nitrogens with zero attached hydrogens (tertiary/aromatic N) is 1. The number of rotatable bonds is 6. The summed E-state index contributed by atoms with van der Waals surface area (Å²) < 4.78 is 0. The summed E-state index contributed by atoms with van der Waals surface area (Å²) in [4.78, 5) is 29.1. The number of carbonyl (C=O) groups is 2. The topological polar surface area (TPSA) is 49.4 Å². The van der Waals surface area contributed by atoms with Gasteiger partial charge in [0.05, 0.1) is 10.6 Å². The van der Waals surface area contributed by atoms with Crippen LogP contribution in [0.1, 0.15) is 23.6 Å². The van der Waals surface area contributed by atoms with Crippen LogP contribution in [0.25, 0.3) is 6.08 Å². The van der Waals surface area contributed by atoms with E-state index >= 15 is 0 Å². The molecular weight excluding hydrogens is 440 g/mol. The summed E-state index contributed by atoms with van der Waals surface area (Å²) >= 11 is 7.61. The molecule has 0 radical (unpaired) electrons. The molecule has 0 atom stereocenters. The Kier molecular flexibility index (Phi) is 6.98. The second-order valence-electron chi connectivity index (χ2n) is 7.43. The zero-order chi connectivity index (χ0) is 22.5. The fraction of sp³-hybridized carbons (Fsp3) is 0.154. The van der Waals surface area contributed by atoms with Gasteiger partial charge in [-0.05, 0) is 47.4 Å². The monoisotopic (exact) mass is 462 g/mol. The van der Waals surface area contributed by atoms with Gasteiger partial charge < -0.3 is 5.32 Å². The molecule has 0 bridgehead atoms. The molecule has 32 heavy (non-hydrogen) atoms. The Morgan fingerprint density at radius 2 is 1.75 bits per heavy atom. The molecule has 0 fully saturated rings. The lowest BCUT2D eigenvalue weighted by atomic mass is 10.1. The maximum atomic E-state index is 13.3. The number of carbonyl (C=O) groups excluding carboxylic acids is 2. The molecular formula is C26H23ClN2O2S. The summed E-state index contributed by atoms with van der Waals surface area (Å²) in [5, 5.41) is 3.47. The van der Waals surface area contributed by atoms with E-state index in [2.05, 4.69) is 24.4 Å². The van der Waals surface area contributed by atoms with E-state index in [1.807, 2.05) is 60.7 Å². The molecule has 0 spiro atoms. The minimum Gasteiger partial charge on any atom is -0.350 e. The third kappa shape index (κ3) is 5.06. The predicted molar refractivity (Wildman–Crippen MR) is 132 cm³/mol. The average molecular weight is 463 g/mol. The van der Waals surface area contributed by atoms with E-state index in [1.54, 1.807) is 11.0 Å². The fourth-order valence-corrected chi connectivity index (χ4v) is 4.72. The van der Waals surface area contributed by atoms with Gasteiger partial charge in [0.2, 0.25) is 5.91 Å². The Labute approximate surface area is 197 Å². The summed E-state index contributed by atoms with van der Waals surface area (Å²) in [6.45, 7) is 2.36. The Hall–Kier alpha value is -3.02. The Balaban J connectivity index is 1.54. The fourth-order valence-electron chi connectivity index (χ4n) is 3.46. The van der Waals surface area contributed by atoms with Crippen LogP contribution in [0.15, 0.2) is 82.6 Å². The zero-order valence-electron chi connectivity index (χ0n) is 17.7. The van der Waals surface area contributed by atoms with E-state index < -0.39 is 0 Å². The molecule has 0 aromatic heterocycles. The van der Waals surface area contributed by atoms with Crippen LogP contribution in [-0.4, -0.2) is 18.4 Å². The number of para-hydroxylation sites is 1. The molecule has 1 N–H and O–H groups in total. The van der Waals surface area contributed by atoms with Crippen LogP contribution >= 0.6 is 23.4 Å². The first-order chi connectivity index (χ1) is 15.5. The first kappa shape index (κ1) is 22.2. The van der Waals surface area contributed by atoms with E-state index in [0.29, 0.717) is 16.5 Å². The summed E-state index contributed by atoms with van der Waals surface area (Å²) in [7, 11) is 0. The molecule has 162 valence electrons. The van der Waals surface area contributed by atoms with Gasteiger partial charge in [-0.1, -0.05) is 84.9 Å². The molecule has 1 aliphatic rings. The minimum absolute atomic E-state index is 0.0625. The number of hydrogen-bond acceptors (Lipinski definition) is 3. The lowest BCUT2D eigenvalue weighted by Gasteiger charge is -2.29. The summed E-state index contributed by atoms with van der Waals surface area (Å²) in [5.74, 6) is -0.423. The van der Waals surface area contributed by atoms with Crippen LogP contribution in [0.4, 0.5) is 5.69 Å². The number of nitrogens with one attached hydrogen (secondary N) is 1. The largest absolute Gasteiger partial charge is 0.350 e. The first-order valence-corrected chi connectivity index (χ1v) is 11.6. The Morgan fingerprint density at radius 1 is 1.03 bits per heavy atom. The number of anilines is 1. The number of benzene rings is 3. The van der Waals surface area contributed by atoms with Crippen molar-refractivity contribution in [2.24, 2.45) is 0 Å². The normalized spacial score (nSPS) is 14.4. The molecule has 0 saturated carbocycles. The number of fused-ring (bicyclic) bond motifs is 1. The highest BCUT2D eigenvalue weighted by Crippen LogP contribution is 2.41. The van der Waals surface area contributed by atoms with Gasteiger partial charge in [-0.3, -0.25) is 14.5 Å². The molecule has 1 heterocycles. The van der Waals surface area contributed by atoms with Gasteiger partial charge in [0.1, 0.15) is 6.54 Å². The highest BCUT2D eigenvalue weighted by molar-refractivity contribution is 8.04. The number of aryl methyl sites for hydroxylation is 1. The van der Waals surface area contributed by atoms with Crippen molar-refractivity contribution in [3.8, 4) is 0 Å². The third-order valence-corrected chi connectivity index (χ3v) is 6.70. The van der Waals surface area contributed by atoms with E-state index in [4.69, 9.17) is 11.6 Å². The smallest absolute Gasteiger partial charge is 0.265 e. The van der Waals surface area contributed by atoms with Crippen molar-refractivity contribution in [3.63, 3.8) is 0 Å².